The van der Waals surface area contributed by atoms with Crippen LogP contribution in [0.5, 0.6) is 0 Å². The van der Waals surface area contributed by atoms with Gasteiger partial charge in [-0.3, -0.25) is 0 Å². The zero-order valence-corrected chi connectivity index (χ0v) is 11.6. The van der Waals surface area contributed by atoms with Gasteiger partial charge < -0.3 is 0 Å². The molecule has 97 valence electrons. The highest BCUT2D eigenvalue weighted by Crippen LogP contribution is 2.46. The fourth-order valence-corrected chi connectivity index (χ4v) is 3.49. The lowest BCUT2D eigenvalue weighted by molar-refractivity contribution is 0.737. The molecule has 0 aliphatic heterocycles. The van der Waals surface area contributed by atoms with E-state index in [0.29, 0.717) is 11.8 Å². The first-order valence-electron chi connectivity index (χ1n) is 7.22. The highest BCUT2D eigenvalue weighted by molar-refractivity contribution is 5.68. The van der Waals surface area contributed by atoms with E-state index in [0.717, 1.165) is 0 Å². The van der Waals surface area contributed by atoms with Gasteiger partial charge in [0, 0.05) is 11.8 Å². The van der Waals surface area contributed by atoms with E-state index >= 15 is 0 Å². The molecule has 2 aliphatic rings. The highest BCUT2D eigenvalue weighted by atomic mass is 14.3. The normalized spacial score (nSPS) is 22.3. The predicted octanol–water partition coefficient (Wildman–Crippen LogP) is 5.20. The molecule has 2 atom stereocenters. The van der Waals surface area contributed by atoms with Crippen molar-refractivity contribution in [1.29, 1.82) is 0 Å². The van der Waals surface area contributed by atoms with Crippen LogP contribution in [0.4, 0.5) is 0 Å². The first-order chi connectivity index (χ1) is 9.84. The molecule has 2 unspecified atom stereocenters. The van der Waals surface area contributed by atoms with Gasteiger partial charge in [0.15, 0.2) is 0 Å². The van der Waals surface area contributed by atoms with E-state index in [9.17, 15) is 0 Å². The van der Waals surface area contributed by atoms with Crippen molar-refractivity contribution in [2.24, 2.45) is 0 Å². The summed E-state index contributed by atoms with van der Waals surface area (Å²) in [7, 11) is 0. The first kappa shape index (κ1) is 11.7. The van der Waals surface area contributed by atoms with Gasteiger partial charge in [0.2, 0.25) is 0 Å². The van der Waals surface area contributed by atoms with Crippen molar-refractivity contribution in [3.05, 3.63) is 88.9 Å². The molecule has 2 aromatic carbocycles. The topological polar surface area (TPSA) is 0 Å². The van der Waals surface area contributed by atoms with E-state index in [1.807, 2.05) is 0 Å². The molecular weight excluding hydrogens is 240 g/mol. The Morgan fingerprint density at radius 2 is 1.15 bits per heavy atom. The Hall–Kier alpha value is -2.08. The second-order valence-electron chi connectivity index (χ2n) is 5.68. The van der Waals surface area contributed by atoms with Crippen LogP contribution in [0, 0.1) is 5.92 Å². The van der Waals surface area contributed by atoms with Gasteiger partial charge in [0.1, 0.15) is 0 Å². The molecule has 0 bridgehead atoms. The van der Waals surface area contributed by atoms with Crippen molar-refractivity contribution in [3.8, 4) is 0 Å². The third kappa shape index (κ3) is 1.68. The van der Waals surface area contributed by atoms with Gasteiger partial charge in [0.25, 0.3) is 0 Å². The van der Waals surface area contributed by atoms with Crippen LogP contribution >= 0.6 is 0 Å². The molecule has 0 aromatic heterocycles. The van der Waals surface area contributed by atoms with Crippen LogP contribution < -0.4 is 0 Å². The fourth-order valence-electron chi connectivity index (χ4n) is 3.49. The van der Waals surface area contributed by atoms with Crippen molar-refractivity contribution in [2.45, 2.75) is 18.8 Å². The summed E-state index contributed by atoms with van der Waals surface area (Å²) in [6, 6.07) is 17.4. The van der Waals surface area contributed by atoms with Gasteiger partial charge in [-0.2, -0.15) is 0 Å². The summed E-state index contributed by atoms with van der Waals surface area (Å²) >= 11 is 0. The lowest BCUT2D eigenvalue weighted by Crippen LogP contribution is -2.11. The van der Waals surface area contributed by atoms with Crippen molar-refractivity contribution < 1.29 is 0 Å². The summed E-state index contributed by atoms with van der Waals surface area (Å²) in [5.41, 5.74) is 5.63. The molecule has 0 fully saturated rings. The summed E-state index contributed by atoms with van der Waals surface area (Å²) in [4.78, 5) is 0. The van der Waals surface area contributed by atoms with Crippen molar-refractivity contribution >= 4 is 12.2 Å². The summed E-state index contributed by atoms with van der Waals surface area (Å²) in [6.45, 7) is 2.30. The maximum absolute atomic E-state index is 2.34. The van der Waals surface area contributed by atoms with E-state index in [4.69, 9.17) is 0 Å². The molecule has 20 heavy (non-hydrogen) atoms. The average Bonchev–Trinajstić information content (AvgIpc) is 3.11. The Morgan fingerprint density at radius 1 is 0.700 bits per heavy atom. The highest BCUT2D eigenvalue weighted by Gasteiger charge is 2.31. The van der Waals surface area contributed by atoms with Crippen LogP contribution in [0.2, 0.25) is 0 Å². The first-order valence-corrected chi connectivity index (χ1v) is 7.22. The van der Waals surface area contributed by atoms with Gasteiger partial charge in [0.05, 0.1) is 0 Å². The molecule has 0 amide bonds. The zero-order valence-electron chi connectivity index (χ0n) is 11.6. The van der Waals surface area contributed by atoms with Gasteiger partial charge >= 0.3 is 0 Å². The number of benzene rings is 2. The standard InChI is InChI=1S/C20H17/c1-14(17-12-10-15-6-2-4-8-19(15)17)18-13-11-16-7-3-5-9-20(16)18/h2-13,17-18H,1H3. The van der Waals surface area contributed by atoms with Gasteiger partial charge in [-0.05, 0) is 28.2 Å². The number of rotatable bonds is 2. The molecule has 2 aromatic rings. The minimum atomic E-state index is 0.451. The molecule has 0 N–H and O–H groups in total. The number of fused-ring (bicyclic) bond motifs is 2. The molecule has 0 heterocycles. The third-order valence-corrected chi connectivity index (χ3v) is 4.58. The number of allylic oxidation sites excluding steroid dienone is 2. The number of hydrogen-bond acceptors (Lipinski definition) is 0. The summed E-state index contributed by atoms with van der Waals surface area (Å²) < 4.78 is 0. The molecule has 4 rings (SSSR count). The summed E-state index contributed by atoms with van der Waals surface area (Å²) in [5, 5.41) is 0. The number of hydrogen-bond donors (Lipinski definition) is 0. The second kappa shape index (κ2) is 4.49. The Balaban J connectivity index is 1.69. The zero-order chi connectivity index (χ0) is 13.5. The lowest BCUT2D eigenvalue weighted by Gasteiger charge is -2.25. The van der Waals surface area contributed by atoms with Gasteiger partial charge in [-0.1, -0.05) is 79.8 Å². The van der Waals surface area contributed by atoms with Crippen molar-refractivity contribution in [1.82, 2.24) is 0 Å². The van der Waals surface area contributed by atoms with E-state index in [1.165, 1.54) is 28.2 Å². The minimum Gasteiger partial charge on any atom is -0.0758 e. The Kier molecular flexibility index (Phi) is 2.63. The van der Waals surface area contributed by atoms with E-state index in [2.05, 4.69) is 79.8 Å². The molecule has 0 nitrogen and oxygen atoms in total. The van der Waals surface area contributed by atoms with Crippen molar-refractivity contribution in [2.75, 3.05) is 0 Å². The van der Waals surface area contributed by atoms with E-state index in [1.54, 1.807) is 0 Å². The molecule has 0 heteroatoms. The van der Waals surface area contributed by atoms with Crippen LogP contribution in [0.3, 0.4) is 0 Å². The van der Waals surface area contributed by atoms with Gasteiger partial charge in [-0.15, -0.1) is 0 Å². The van der Waals surface area contributed by atoms with Crippen molar-refractivity contribution in [3.63, 3.8) is 0 Å². The SMILES string of the molecule is C[C](C1C=Cc2ccccc21)C1C=Cc2ccccc21. The molecule has 1 radical (unpaired) electrons. The Morgan fingerprint density at radius 3 is 1.65 bits per heavy atom. The fraction of sp³-hybridized carbons (Fsp3) is 0.150. The summed E-state index contributed by atoms with van der Waals surface area (Å²) in [5.74, 6) is 2.42. The van der Waals surface area contributed by atoms with E-state index < -0.39 is 0 Å². The van der Waals surface area contributed by atoms with Crippen LogP contribution in [-0.2, 0) is 0 Å². The van der Waals surface area contributed by atoms with Crippen LogP contribution in [0.25, 0.3) is 12.2 Å². The monoisotopic (exact) mass is 257 g/mol. The molecule has 0 saturated carbocycles. The van der Waals surface area contributed by atoms with Crippen LogP contribution in [0.1, 0.15) is 41.0 Å². The summed E-state index contributed by atoms with van der Waals surface area (Å²) in [6.07, 6.45) is 9.20. The molecule has 0 spiro atoms. The maximum atomic E-state index is 2.34. The quantitative estimate of drug-likeness (QED) is 0.693. The average molecular weight is 257 g/mol. The smallest absolute Gasteiger partial charge is 0.00958 e. The third-order valence-electron chi connectivity index (χ3n) is 4.58. The maximum Gasteiger partial charge on any atom is 0.00958 e. The van der Waals surface area contributed by atoms with Crippen LogP contribution in [0.15, 0.2) is 60.7 Å². The van der Waals surface area contributed by atoms with Gasteiger partial charge in [-0.25, -0.2) is 0 Å². The molecule has 0 saturated heterocycles. The minimum absolute atomic E-state index is 0.451. The molecule has 2 aliphatic carbocycles. The lowest BCUT2D eigenvalue weighted by atomic mass is 9.78. The van der Waals surface area contributed by atoms with E-state index in [-0.39, 0.29) is 0 Å². The Labute approximate surface area is 120 Å². The van der Waals surface area contributed by atoms with Crippen LogP contribution in [-0.4, -0.2) is 0 Å². The second-order valence-corrected chi connectivity index (χ2v) is 5.68. The Bertz CT molecular complexity index is 644. The predicted molar refractivity (Wildman–Crippen MR) is 85.4 cm³/mol. The molecular formula is C20H17. The largest absolute Gasteiger partial charge is 0.0758 e.